The van der Waals surface area contributed by atoms with Crippen molar-refractivity contribution in [3.05, 3.63) is 42.5 Å². The van der Waals surface area contributed by atoms with Gasteiger partial charge in [0.05, 0.1) is 6.54 Å². The van der Waals surface area contributed by atoms with Crippen molar-refractivity contribution in [2.24, 2.45) is 0 Å². The van der Waals surface area contributed by atoms with Crippen molar-refractivity contribution in [2.45, 2.75) is 13.0 Å². The number of benzene rings is 1. The molecule has 1 aliphatic rings. The van der Waals surface area contributed by atoms with Gasteiger partial charge in [-0.05, 0) is 25.1 Å². The highest BCUT2D eigenvalue weighted by Gasteiger charge is 2.18. The molecule has 0 amide bonds. The molecule has 0 fully saturated rings. The summed E-state index contributed by atoms with van der Waals surface area (Å²) in [6.45, 7) is 2.58. The van der Waals surface area contributed by atoms with E-state index in [9.17, 15) is 4.79 Å². The van der Waals surface area contributed by atoms with Crippen LogP contribution in [0.15, 0.2) is 42.5 Å². The van der Waals surface area contributed by atoms with Crippen molar-refractivity contribution in [1.82, 2.24) is 0 Å². The Bertz CT molecular complexity index is 356. The molecule has 14 heavy (non-hydrogen) atoms. The second-order valence-corrected chi connectivity index (χ2v) is 3.53. The van der Waals surface area contributed by atoms with Crippen molar-refractivity contribution >= 4 is 11.5 Å². The Morgan fingerprint density at radius 2 is 2.00 bits per heavy atom. The molecule has 0 radical (unpaired) electrons. The van der Waals surface area contributed by atoms with Crippen LogP contribution in [-0.4, -0.2) is 18.4 Å². The van der Waals surface area contributed by atoms with E-state index in [2.05, 4.69) is 11.8 Å². The average Bonchev–Trinajstić information content (AvgIpc) is 2.23. The van der Waals surface area contributed by atoms with Crippen LogP contribution in [0.3, 0.4) is 0 Å². The molecule has 2 heteroatoms. The van der Waals surface area contributed by atoms with Crippen LogP contribution in [0, 0.1) is 0 Å². The molecule has 1 aliphatic heterocycles. The zero-order chi connectivity index (χ0) is 9.97. The van der Waals surface area contributed by atoms with Crippen LogP contribution in [0.25, 0.3) is 0 Å². The summed E-state index contributed by atoms with van der Waals surface area (Å²) in [5.74, 6) is 0.173. The van der Waals surface area contributed by atoms with Crippen LogP contribution in [0.5, 0.6) is 0 Å². The van der Waals surface area contributed by atoms with Crippen LogP contribution < -0.4 is 4.90 Å². The number of carbonyl (C=O) groups is 1. The summed E-state index contributed by atoms with van der Waals surface area (Å²) in [4.78, 5) is 13.4. The molecule has 1 aromatic rings. The SMILES string of the molecule is CC1C=CC(=O)CN1c1ccccc1. The summed E-state index contributed by atoms with van der Waals surface area (Å²) in [7, 11) is 0. The molecular weight excluding hydrogens is 174 g/mol. The number of hydrogen-bond donors (Lipinski definition) is 0. The Balaban J connectivity index is 2.27. The molecule has 1 aromatic carbocycles. The third-order valence-electron chi connectivity index (χ3n) is 2.47. The molecule has 72 valence electrons. The average molecular weight is 187 g/mol. The minimum Gasteiger partial charge on any atom is -0.358 e. The second kappa shape index (κ2) is 3.66. The van der Waals surface area contributed by atoms with Crippen LogP contribution >= 0.6 is 0 Å². The molecule has 1 atom stereocenters. The first-order chi connectivity index (χ1) is 6.77. The lowest BCUT2D eigenvalue weighted by molar-refractivity contribution is -0.113. The number of rotatable bonds is 1. The second-order valence-electron chi connectivity index (χ2n) is 3.53. The van der Waals surface area contributed by atoms with Gasteiger partial charge < -0.3 is 4.90 Å². The zero-order valence-electron chi connectivity index (χ0n) is 8.18. The number of carbonyl (C=O) groups excluding carboxylic acids is 1. The molecule has 0 aliphatic carbocycles. The molecule has 1 heterocycles. The number of anilines is 1. The van der Waals surface area contributed by atoms with Crippen molar-refractivity contribution in [2.75, 3.05) is 11.4 Å². The summed E-state index contributed by atoms with van der Waals surface area (Å²) in [5, 5.41) is 0. The highest BCUT2D eigenvalue weighted by atomic mass is 16.1. The Hall–Kier alpha value is -1.57. The minimum absolute atomic E-state index is 0.173. The maximum atomic E-state index is 11.3. The Morgan fingerprint density at radius 1 is 1.29 bits per heavy atom. The molecule has 2 nitrogen and oxygen atoms in total. The van der Waals surface area contributed by atoms with Crippen molar-refractivity contribution in [3.63, 3.8) is 0 Å². The fourth-order valence-electron chi connectivity index (χ4n) is 1.66. The highest BCUT2D eigenvalue weighted by molar-refractivity contribution is 5.95. The van der Waals surface area contributed by atoms with E-state index in [1.165, 1.54) is 0 Å². The fraction of sp³-hybridized carbons (Fsp3) is 0.250. The van der Waals surface area contributed by atoms with Gasteiger partial charge in [-0.15, -0.1) is 0 Å². The summed E-state index contributed by atoms with van der Waals surface area (Å²) in [5.41, 5.74) is 1.11. The Morgan fingerprint density at radius 3 is 2.71 bits per heavy atom. The lowest BCUT2D eigenvalue weighted by Gasteiger charge is -2.31. The van der Waals surface area contributed by atoms with Gasteiger partial charge in [-0.25, -0.2) is 0 Å². The van der Waals surface area contributed by atoms with E-state index in [1.807, 2.05) is 36.4 Å². The lowest BCUT2D eigenvalue weighted by atomic mass is 10.1. The summed E-state index contributed by atoms with van der Waals surface area (Å²) in [6.07, 6.45) is 3.61. The Kier molecular flexibility index (Phi) is 2.35. The van der Waals surface area contributed by atoms with Gasteiger partial charge in [0.25, 0.3) is 0 Å². The van der Waals surface area contributed by atoms with Gasteiger partial charge in [0, 0.05) is 11.7 Å². The van der Waals surface area contributed by atoms with Gasteiger partial charge in [0.15, 0.2) is 5.78 Å². The number of ketones is 1. The first-order valence-corrected chi connectivity index (χ1v) is 4.80. The predicted octanol–water partition coefficient (Wildman–Crippen LogP) is 2.02. The molecule has 1 unspecified atom stereocenters. The zero-order valence-corrected chi connectivity index (χ0v) is 8.18. The molecule has 0 saturated carbocycles. The standard InChI is InChI=1S/C12H13NO/c1-10-7-8-12(14)9-13(10)11-5-3-2-4-6-11/h2-8,10H,9H2,1H3. The van der Waals surface area contributed by atoms with E-state index in [-0.39, 0.29) is 5.78 Å². The van der Waals surface area contributed by atoms with Crippen molar-refractivity contribution in [3.8, 4) is 0 Å². The molecular formula is C12H13NO. The fourth-order valence-corrected chi connectivity index (χ4v) is 1.66. The van der Waals surface area contributed by atoms with Crippen LogP contribution in [0.4, 0.5) is 5.69 Å². The van der Waals surface area contributed by atoms with E-state index in [1.54, 1.807) is 6.08 Å². The monoisotopic (exact) mass is 187 g/mol. The first kappa shape index (κ1) is 9.00. The van der Waals surface area contributed by atoms with Gasteiger partial charge >= 0.3 is 0 Å². The normalized spacial score (nSPS) is 21.4. The maximum Gasteiger partial charge on any atom is 0.174 e. The number of hydrogen-bond acceptors (Lipinski definition) is 2. The molecule has 0 bridgehead atoms. The van der Waals surface area contributed by atoms with E-state index in [0.29, 0.717) is 12.6 Å². The Labute approximate surface area is 83.8 Å². The van der Waals surface area contributed by atoms with E-state index in [0.717, 1.165) is 5.69 Å². The summed E-state index contributed by atoms with van der Waals surface area (Å²) in [6, 6.07) is 10.3. The first-order valence-electron chi connectivity index (χ1n) is 4.80. The number of para-hydroxylation sites is 1. The van der Waals surface area contributed by atoms with Crippen LogP contribution in [0.2, 0.25) is 0 Å². The summed E-state index contributed by atoms with van der Waals surface area (Å²) < 4.78 is 0. The smallest absolute Gasteiger partial charge is 0.174 e. The topological polar surface area (TPSA) is 20.3 Å². The predicted molar refractivity (Wildman–Crippen MR) is 57.4 cm³/mol. The van der Waals surface area contributed by atoms with Gasteiger partial charge in [-0.3, -0.25) is 4.79 Å². The molecule has 2 rings (SSSR count). The molecule has 0 saturated heterocycles. The van der Waals surface area contributed by atoms with Crippen LogP contribution in [0.1, 0.15) is 6.92 Å². The summed E-state index contributed by atoms with van der Waals surface area (Å²) >= 11 is 0. The van der Waals surface area contributed by atoms with E-state index >= 15 is 0 Å². The van der Waals surface area contributed by atoms with Gasteiger partial charge in [0.2, 0.25) is 0 Å². The van der Waals surface area contributed by atoms with Crippen molar-refractivity contribution in [1.29, 1.82) is 0 Å². The molecule has 0 aromatic heterocycles. The molecule has 0 N–H and O–H groups in total. The highest BCUT2D eigenvalue weighted by Crippen LogP contribution is 2.19. The van der Waals surface area contributed by atoms with E-state index < -0.39 is 0 Å². The van der Waals surface area contributed by atoms with Gasteiger partial charge in [-0.2, -0.15) is 0 Å². The van der Waals surface area contributed by atoms with Crippen molar-refractivity contribution < 1.29 is 4.79 Å². The van der Waals surface area contributed by atoms with Crippen LogP contribution in [-0.2, 0) is 4.79 Å². The third kappa shape index (κ3) is 1.69. The molecule has 0 spiro atoms. The maximum absolute atomic E-state index is 11.3. The minimum atomic E-state index is 0.173. The third-order valence-corrected chi connectivity index (χ3v) is 2.47. The quantitative estimate of drug-likeness (QED) is 0.670. The largest absolute Gasteiger partial charge is 0.358 e. The van der Waals surface area contributed by atoms with Gasteiger partial charge in [0.1, 0.15) is 0 Å². The van der Waals surface area contributed by atoms with Gasteiger partial charge in [-0.1, -0.05) is 24.3 Å². The number of nitrogens with zero attached hydrogens (tertiary/aromatic N) is 1. The van der Waals surface area contributed by atoms with E-state index in [4.69, 9.17) is 0 Å². The lowest BCUT2D eigenvalue weighted by Crippen LogP contribution is -2.38.